The largest absolute Gasteiger partial charge is 0.335 e. The monoisotopic (exact) mass is 289 g/mol. The Labute approximate surface area is 127 Å². The van der Waals surface area contributed by atoms with Crippen LogP contribution >= 0.6 is 0 Å². The van der Waals surface area contributed by atoms with Crippen LogP contribution in [0.1, 0.15) is 51.1 Å². The molecule has 1 fully saturated rings. The molecule has 1 atom stereocenters. The Hall–Kier alpha value is -1.55. The summed E-state index contributed by atoms with van der Waals surface area (Å²) in [5.74, 6) is 0.797. The molecule has 0 aliphatic heterocycles. The van der Waals surface area contributed by atoms with E-state index in [2.05, 4.69) is 35.9 Å². The summed E-state index contributed by atoms with van der Waals surface area (Å²) < 4.78 is 0. The van der Waals surface area contributed by atoms with Gasteiger partial charge in [0.15, 0.2) is 0 Å². The molecule has 1 saturated carbocycles. The molecule has 0 spiro atoms. The molecule has 2 amide bonds. The maximum Gasteiger partial charge on any atom is 0.319 e. The molecule has 1 aromatic carbocycles. The van der Waals surface area contributed by atoms with E-state index in [1.807, 2.05) is 25.2 Å². The van der Waals surface area contributed by atoms with Crippen LogP contribution in [0.2, 0.25) is 0 Å². The zero-order valence-corrected chi connectivity index (χ0v) is 13.3. The Morgan fingerprint density at radius 2 is 1.95 bits per heavy atom. The number of rotatable bonds is 4. The van der Waals surface area contributed by atoms with Gasteiger partial charge in [-0.1, -0.05) is 19.1 Å². The lowest BCUT2D eigenvalue weighted by atomic mass is 9.87. The van der Waals surface area contributed by atoms with E-state index in [1.165, 1.54) is 18.4 Å². The molecule has 116 valence electrons. The Balaban J connectivity index is 1.87. The zero-order valence-electron chi connectivity index (χ0n) is 13.3. The van der Waals surface area contributed by atoms with Crippen LogP contribution in [-0.2, 0) is 0 Å². The minimum atomic E-state index is -0.0937. The molecule has 0 radical (unpaired) electrons. The molecule has 1 unspecified atom stereocenters. The van der Waals surface area contributed by atoms with E-state index in [9.17, 15) is 4.79 Å². The smallest absolute Gasteiger partial charge is 0.319 e. The van der Waals surface area contributed by atoms with Crippen LogP contribution in [-0.4, -0.2) is 19.1 Å². The van der Waals surface area contributed by atoms with E-state index in [0.717, 1.165) is 24.4 Å². The van der Waals surface area contributed by atoms with Crippen LogP contribution in [0.3, 0.4) is 0 Å². The molecule has 1 aliphatic carbocycles. The van der Waals surface area contributed by atoms with Gasteiger partial charge in [0, 0.05) is 17.8 Å². The van der Waals surface area contributed by atoms with Crippen molar-refractivity contribution in [3.05, 3.63) is 29.8 Å². The van der Waals surface area contributed by atoms with E-state index >= 15 is 0 Å². The minimum absolute atomic E-state index is 0.0937. The van der Waals surface area contributed by atoms with Crippen molar-refractivity contribution < 1.29 is 4.79 Å². The van der Waals surface area contributed by atoms with Crippen LogP contribution in [0.15, 0.2) is 24.3 Å². The number of hydrogen-bond acceptors (Lipinski definition) is 2. The van der Waals surface area contributed by atoms with Gasteiger partial charge < -0.3 is 16.0 Å². The van der Waals surface area contributed by atoms with E-state index in [4.69, 9.17) is 0 Å². The van der Waals surface area contributed by atoms with Crippen LogP contribution in [0.25, 0.3) is 0 Å². The number of anilines is 1. The van der Waals surface area contributed by atoms with E-state index in [-0.39, 0.29) is 12.1 Å². The average Bonchev–Trinajstić information content (AvgIpc) is 2.49. The third kappa shape index (κ3) is 4.74. The van der Waals surface area contributed by atoms with Gasteiger partial charge >= 0.3 is 6.03 Å². The van der Waals surface area contributed by atoms with Crippen LogP contribution < -0.4 is 16.0 Å². The van der Waals surface area contributed by atoms with E-state index in [1.54, 1.807) is 0 Å². The Morgan fingerprint density at radius 1 is 1.24 bits per heavy atom. The number of carbonyl (C=O) groups is 1. The predicted octanol–water partition coefficient (Wildman–Crippen LogP) is 3.67. The maximum absolute atomic E-state index is 12.1. The van der Waals surface area contributed by atoms with Gasteiger partial charge in [-0.2, -0.15) is 0 Å². The first-order valence-electron chi connectivity index (χ1n) is 7.93. The molecule has 1 aromatic rings. The second-order valence-corrected chi connectivity index (χ2v) is 6.19. The number of benzene rings is 1. The molecule has 2 rings (SSSR count). The standard InChI is InChI=1S/C17H27N3O/c1-12-7-9-15(10-8-12)19-17(21)20-16-6-4-5-14(11-16)13(2)18-3/h4-6,11-13,15,18H,7-10H2,1-3H3,(H2,19,20,21). The number of urea groups is 1. The van der Waals surface area contributed by atoms with Crippen molar-refractivity contribution >= 4 is 11.7 Å². The predicted molar refractivity (Wildman–Crippen MR) is 87.5 cm³/mol. The molecule has 0 saturated heterocycles. The summed E-state index contributed by atoms with van der Waals surface area (Å²) in [7, 11) is 1.93. The quantitative estimate of drug-likeness (QED) is 0.792. The summed E-state index contributed by atoms with van der Waals surface area (Å²) in [6.45, 7) is 4.38. The second-order valence-electron chi connectivity index (χ2n) is 6.19. The number of amides is 2. The van der Waals surface area contributed by atoms with Crippen LogP contribution in [0.4, 0.5) is 10.5 Å². The van der Waals surface area contributed by atoms with E-state index < -0.39 is 0 Å². The highest BCUT2D eigenvalue weighted by Crippen LogP contribution is 2.23. The molecule has 21 heavy (non-hydrogen) atoms. The van der Waals surface area contributed by atoms with E-state index in [0.29, 0.717) is 6.04 Å². The first kappa shape index (κ1) is 15.8. The van der Waals surface area contributed by atoms with Gasteiger partial charge in [-0.15, -0.1) is 0 Å². The van der Waals surface area contributed by atoms with Crippen molar-refractivity contribution in [1.29, 1.82) is 0 Å². The summed E-state index contributed by atoms with van der Waals surface area (Å²) in [6.07, 6.45) is 4.59. The van der Waals surface area contributed by atoms with Crippen molar-refractivity contribution in [2.75, 3.05) is 12.4 Å². The SMILES string of the molecule is CNC(C)c1cccc(NC(=O)NC2CCC(C)CC2)c1. The first-order valence-corrected chi connectivity index (χ1v) is 7.93. The third-order valence-corrected chi connectivity index (χ3v) is 4.43. The van der Waals surface area contributed by atoms with Gasteiger partial charge in [-0.3, -0.25) is 0 Å². The zero-order chi connectivity index (χ0) is 15.2. The fraction of sp³-hybridized carbons (Fsp3) is 0.588. The van der Waals surface area contributed by atoms with Crippen molar-refractivity contribution in [3.8, 4) is 0 Å². The van der Waals surface area contributed by atoms with Gasteiger partial charge in [0.05, 0.1) is 0 Å². The van der Waals surface area contributed by atoms with Crippen molar-refractivity contribution in [2.24, 2.45) is 5.92 Å². The summed E-state index contributed by atoms with van der Waals surface area (Å²) in [5, 5.41) is 9.23. The van der Waals surface area contributed by atoms with Crippen molar-refractivity contribution in [3.63, 3.8) is 0 Å². The van der Waals surface area contributed by atoms with Crippen LogP contribution in [0, 0.1) is 5.92 Å². The average molecular weight is 289 g/mol. The highest BCUT2D eigenvalue weighted by atomic mass is 16.2. The molecular weight excluding hydrogens is 262 g/mol. The summed E-state index contributed by atoms with van der Waals surface area (Å²) >= 11 is 0. The van der Waals surface area contributed by atoms with Gasteiger partial charge in [-0.05, 0) is 63.3 Å². The lowest BCUT2D eigenvalue weighted by Gasteiger charge is -2.27. The lowest BCUT2D eigenvalue weighted by Crippen LogP contribution is -2.39. The number of nitrogens with one attached hydrogen (secondary N) is 3. The normalized spacial score (nSPS) is 23.4. The summed E-state index contributed by atoms with van der Waals surface area (Å²) in [4.78, 5) is 12.1. The molecule has 0 aromatic heterocycles. The highest BCUT2D eigenvalue weighted by Gasteiger charge is 2.19. The van der Waals surface area contributed by atoms with Crippen molar-refractivity contribution in [1.82, 2.24) is 10.6 Å². The van der Waals surface area contributed by atoms with Gasteiger partial charge in [-0.25, -0.2) is 4.79 Å². The topological polar surface area (TPSA) is 53.2 Å². The molecule has 4 heteroatoms. The summed E-state index contributed by atoms with van der Waals surface area (Å²) in [6, 6.07) is 8.48. The Morgan fingerprint density at radius 3 is 2.62 bits per heavy atom. The second kappa shape index (κ2) is 7.46. The fourth-order valence-electron chi connectivity index (χ4n) is 2.81. The molecule has 4 nitrogen and oxygen atoms in total. The highest BCUT2D eigenvalue weighted by molar-refractivity contribution is 5.89. The van der Waals surface area contributed by atoms with Crippen molar-refractivity contribution in [2.45, 2.75) is 51.6 Å². The summed E-state index contributed by atoms with van der Waals surface area (Å²) in [5.41, 5.74) is 2.01. The minimum Gasteiger partial charge on any atom is -0.335 e. The molecular formula is C17H27N3O. The van der Waals surface area contributed by atoms with Crippen LogP contribution in [0.5, 0.6) is 0 Å². The number of carbonyl (C=O) groups excluding carboxylic acids is 1. The lowest BCUT2D eigenvalue weighted by molar-refractivity contribution is 0.239. The fourth-order valence-corrected chi connectivity index (χ4v) is 2.81. The maximum atomic E-state index is 12.1. The first-order chi connectivity index (χ1) is 10.1. The van der Waals surface area contributed by atoms with Gasteiger partial charge in [0.2, 0.25) is 0 Å². The molecule has 1 aliphatic rings. The Bertz CT molecular complexity index is 467. The van der Waals surface area contributed by atoms with Gasteiger partial charge in [0.1, 0.15) is 0 Å². The Kier molecular flexibility index (Phi) is 5.62. The molecule has 3 N–H and O–H groups in total. The number of hydrogen-bond donors (Lipinski definition) is 3. The van der Waals surface area contributed by atoms with Gasteiger partial charge in [0.25, 0.3) is 0 Å². The molecule has 0 heterocycles. The third-order valence-electron chi connectivity index (χ3n) is 4.43. The molecule has 0 bridgehead atoms.